The first-order chi connectivity index (χ1) is 23.4. The van der Waals surface area contributed by atoms with E-state index in [4.69, 9.17) is 9.73 Å². The van der Waals surface area contributed by atoms with Gasteiger partial charge in [-0.1, -0.05) is 82.9 Å². The monoisotopic (exact) mass is 665 g/mol. The summed E-state index contributed by atoms with van der Waals surface area (Å²) >= 11 is 0. The smallest absolute Gasteiger partial charge is 0.256 e. The molecule has 0 spiro atoms. The lowest BCUT2D eigenvalue weighted by molar-refractivity contribution is 0.102. The molecule has 2 atom stereocenters. The summed E-state index contributed by atoms with van der Waals surface area (Å²) in [6, 6.07) is 10.4. The zero-order chi connectivity index (χ0) is 35.6. The summed E-state index contributed by atoms with van der Waals surface area (Å²) in [5.74, 6) is 7.82. The number of aliphatic imine (C=N–C) groups is 1. The maximum absolute atomic E-state index is 14.9. The second kappa shape index (κ2) is 17.1. The molecule has 7 nitrogen and oxygen atoms in total. The molecular weight excluding hydrogens is 613 g/mol. The molecule has 0 saturated carbocycles. The summed E-state index contributed by atoms with van der Waals surface area (Å²) in [5, 5.41) is 10.8. The highest BCUT2D eigenvalue weighted by molar-refractivity contribution is 6.04. The van der Waals surface area contributed by atoms with E-state index in [0.29, 0.717) is 29.1 Å². The van der Waals surface area contributed by atoms with Gasteiger partial charge in [-0.25, -0.2) is 9.38 Å². The molecule has 1 aliphatic rings. The van der Waals surface area contributed by atoms with Gasteiger partial charge in [0.2, 0.25) is 0 Å². The number of nitrogens with one attached hydrogen (secondary N) is 2. The molecule has 1 aliphatic heterocycles. The molecule has 1 amide bonds. The van der Waals surface area contributed by atoms with Gasteiger partial charge in [0, 0.05) is 34.5 Å². The van der Waals surface area contributed by atoms with Crippen molar-refractivity contribution in [3.63, 3.8) is 0 Å². The van der Waals surface area contributed by atoms with Crippen LogP contribution in [-0.4, -0.2) is 28.6 Å². The largest absolute Gasteiger partial charge is 0.478 e. The number of ether oxygens (including phenoxy) is 1. The van der Waals surface area contributed by atoms with Crippen LogP contribution in [0.25, 0.3) is 0 Å². The quantitative estimate of drug-likeness (QED) is 0.149. The molecule has 0 fully saturated rings. The molecule has 2 heterocycles. The number of aromatic nitrogens is 2. The van der Waals surface area contributed by atoms with Crippen LogP contribution in [0.2, 0.25) is 0 Å². The van der Waals surface area contributed by atoms with Crippen molar-refractivity contribution in [2.75, 3.05) is 17.7 Å². The summed E-state index contributed by atoms with van der Waals surface area (Å²) in [6.07, 6.45) is 15.3. The Kier molecular flexibility index (Phi) is 13.0. The van der Waals surface area contributed by atoms with E-state index in [1.54, 1.807) is 37.6 Å². The number of carbonyl (C=O) groups is 1. The number of amides is 1. The fourth-order valence-corrected chi connectivity index (χ4v) is 5.71. The van der Waals surface area contributed by atoms with Gasteiger partial charge in [0.15, 0.2) is 0 Å². The van der Waals surface area contributed by atoms with Crippen molar-refractivity contribution in [2.45, 2.75) is 99.0 Å². The van der Waals surface area contributed by atoms with Crippen LogP contribution in [0.3, 0.4) is 0 Å². The molecular formula is C41H52FN5O2. The van der Waals surface area contributed by atoms with E-state index in [0.717, 1.165) is 47.0 Å². The van der Waals surface area contributed by atoms with Crippen molar-refractivity contribution in [2.24, 2.45) is 16.8 Å². The van der Waals surface area contributed by atoms with Crippen molar-refractivity contribution >= 4 is 23.1 Å². The summed E-state index contributed by atoms with van der Waals surface area (Å²) in [5.41, 5.74) is 4.52. The van der Waals surface area contributed by atoms with Crippen LogP contribution in [0.15, 0.2) is 71.5 Å². The molecule has 0 radical (unpaired) electrons. The topological polar surface area (TPSA) is 80.5 Å². The van der Waals surface area contributed by atoms with Crippen molar-refractivity contribution in [3.05, 3.63) is 94.6 Å². The zero-order valence-corrected chi connectivity index (χ0v) is 30.4. The molecule has 2 N–H and O–H groups in total. The van der Waals surface area contributed by atoms with Gasteiger partial charge < -0.3 is 15.4 Å². The first-order valence-electron chi connectivity index (χ1n) is 17.5. The van der Waals surface area contributed by atoms with Gasteiger partial charge in [0.05, 0.1) is 18.8 Å². The molecule has 3 aromatic rings. The van der Waals surface area contributed by atoms with Crippen LogP contribution >= 0.6 is 0 Å². The Morgan fingerprint density at radius 3 is 2.59 bits per heavy atom. The van der Waals surface area contributed by atoms with Crippen molar-refractivity contribution < 1.29 is 13.9 Å². The van der Waals surface area contributed by atoms with Crippen LogP contribution in [0.4, 0.5) is 15.8 Å². The summed E-state index contributed by atoms with van der Waals surface area (Å²) in [6.45, 7) is 14.7. The lowest BCUT2D eigenvalue weighted by Crippen LogP contribution is -2.22. The third kappa shape index (κ3) is 10.4. The Morgan fingerprint density at radius 2 is 1.90 bits per heavy atom. The fourth-order valence-electron chi connectivity index (χ4n) is 5.71. The van der Waals surface area contributed by atoms with Gasteiger partial charge in [-0.15, -0.1) is 5.10 Å². The molecule has 0 bridgehead atoms. The molecule has 4 rings (SSSR count). The number of amidine groups is 1. The van der Waals surface area contributed by atoms with Crippen LogP contribution in [0, 0.1) is 36.4 Å². The third-order valence-corrected chi connectivity index (χ3v) is 8.90. The third-order valence-electron chi connectivity index (χ3n) is 8.90. The van der Waals surface area contributed by atoms with Gasteiger partial charge in [0.1, 0.15) is 17.3 Å². The predicted molar refractivity (Wildman–Crippen MR) is 200 cm³/mol. The van der Waals surface area contributed by atoms with E-state index >= 15 is 0 Å². The molecule has 260 valence electrons. The lowest BCUT2D eigenvalue weighted by atomic mass is 9.93. The number of allylic oxidation sites excluding steroid dienone is 2. The second-order valence-corrected chi connectivity index (χ2v) is 13.9. The number of hydrogen-bond donors (Lipinski definition) is 2. The first-order valence-corrected chi connectivity index (χ1v) is 17.5. The molecule has 0 saturated heterocycles. The van der Waals surface area contributed by atoms with E-state index in [-0.39, 0.29) is 23.2 Å². The number of aryl methyl sites for hydroxylation is 2. The van der Waals surface area contributed by atoms with Crippen molar-refractivity contribution in [1.29, 1.82) is 0 Å². The molecule has 2 aromatic carbocycles. The highest BCUT2D eigenvalue weighted by Gasteiger charge is 2.21. The molecule has 8 heteroatoms. The van der Waals surface area contributed by atoms with Gasteiger partial charge in [-0.2, -0.15) is 0 Å². The number of anilines is 2. The van der Waals surface area contributed by atoms with Gasteiger partial charge in [0.25, 0.3) is 11.8 Å². The Bertz CT molecular complexity index is 1770. The maximum atomic E-state index is 14.9. The molecule has 1 unspecified atom stereocenters. The van der Waals surface area contributed by atoms with Gasteiger partial charge >= 0.3 is 0 Å². The predicted octanol–water partition coefficient (Wildman–Crippen LogP) is 9.84. The van der Waals surface area contributed by atoms with Crippen LogP contribution in [-0.2, 0) is 12.0 Å². The van der Waals surface area contributed by atoms with Crippen LogP contribution in [0.5, 0.6) is 5.88 Å². The fraction of sp³-hybridized carbons (Fsp3) is 0.439. The number of nitrogens with zero attached hydrogens (tertiary/aromatic N) is 3. The van der Waals surface area contributed by atoms with E-state index in [9.17, 15) is 9.18 Å². The number of halogens is 1. The average Bonchev–Trinajstić information content (AvgIpc) is 3.41. The maximum Gasteiger partial charge on any atom is 0.256 e. The minimum Gasteiger partial charge on any atom is -0.478 e. The molecule has 49 heavy (non-hydrogen) atoms. The summed E-state index contributed by atoms with van der Waals surface area (Å²) in [4.78, 5) is 17.9. The number of methoxy groups -OCH3 is 1. The van der Waals surface area contributed by atoms with Gasteiger partial charge in [-0.3, -0.25) is 9.48 Å². The number of rotatable bonds is 12. The summed E-state index contributed by atoms with van der Waals surface area (Å²) in [7, 11) is 1.60. The van der Waals surface area contributed by atoms with E-state index < -0.39 is 0 Å². The second-order valence-electron chi connectivity index (χ2n) is 13.9. The van der Waals surface area contributed by atoms with E-state index in [1.165, 1.54) is 31.7 Å². The summed E-state index contributed by atoms with van der Waals surface area (Å²) < 4.78 is 22.3. The number of carbonyl (C=O) groups excluding carboxylic acids is 1. The average molecular weight is 666 g/mol. The van der Waals surface area contributed by atoms with Crippen molar-refractivity contribution in [3.8, 4) is 17.7 Å². The Hall–Kier alpha value is -4.64. The Labute approximate surface area is 292 Å². The highest BCUT2D eigenvalue weighted by Crippen LogP contribution is 2.27. The minimum absolute atomic E-state index is 0.00462. The minimum atomic E-state index is -0.315. The van der Waals surface area contributed by atoms with Crippen LogP contribution in [0.1, 0.15) is 107 Å². The highest BCUT2D eigenvalue weighted by atomic mass is 19.1. The van der Waals surface area contributed by atoms with E-state index in [1.807, 2.05) is 36.0 Å². The van der Waals surface area contributed by atoms with Gasteiger partial charge in [-0.05, 0) is 87.9 Å². The number of benzene rings is 2. The number of hydrogen-bond acceptors (Lipinski definition) is 5. The Morgan fingerprint density at radius 1 is 1.10 bits per heavy atom. The Balaban J connectivity index is 1.41. The molecule has 0 aliphatic carbocycles. The molecule has 1 aromatic heterocycles. The zero-order valence-electron chi connectivity index (χ0n) is 30.4. The normalized spacial score (nSPS) is 15.0. The number of unbranched alkanes of at least 4 members (excludes halogenated alkanes) is 1. The van der Waals surface area contributed by atoms with Crippen molar-refractivity contribution in [1.82, 2.24) is 9.78 Å². The standard InChI is InChI=1S/C41H52FN5O2/c1-9-13-30(10-2)14-11-12-15-32-22-23-35(25-36(32)42)44-39(48)34-20-17-28(3)33(24-34)21-19-31-18-16-29(4)38(43-26-31)45-37-27-47(41(5,6)7)46-40(37)49-8/h16-18,20,22-27,29-30H,9-15H2,1-8H3,(H,43,45)(H,44,48)/t29-,30?/m1/s1. The van der Waals surface area contributed by atoms with Crippen LogP contribution < -0.4 is 15.4 Å². The van der Waals surface area contributed by atoms with E-state index in [2.05, 4.69) is 69.1 Å². The first kappa shape index (κ1) is 37.2. The SMILES string of the molecule is CCCC(CC)CCCCc1ccc(NC(=O)c2ccc(C)c(C#CC3=CN=C(Nc4cn(C(C)(C)C)nc4OC)[C@H](C)C=C3)c2)cc1F. The lowest BCUT2D eigenvalue weighted by Gasteiger charge is -2.18.